The summed E-state index contributed by atoms with van der Waals surface area (Å²) in [5.74, 6) is -3.36. The van der Waals surface area contributed by atoms with Gasteiger partial charge in [0.25, 0.3) is 0 Å². The summed E-state index contributed by atoms with van der Waals surface area (Å²) in [6, 6.07) is 5.76. The number of carboxylic acid groups (broad SMARTS) is 1. The molecule has 0 aliphatic carbocycles. The lowest BCUT2D eigenvalue weighted by Gasteiger charge is -2.41. The Balaban J connectivity index is 2.28. The molecular weight excluding hydrogens is 704 g/mol. The molecule has 0 saturated carbocycles. The van der Waals surface area contributed by atoms with Gasteiger partial charge in [-0.05, 0) is 43.2 Å². The molecule has 2 unspecified atom stereocenters. The molecule has 0 aromatic heterocycles. The number of nitrogens with two attached hydrogens (primary N) is 1. The van der Waals surface area contributed by atoms with Crippen LogP contribution in [0.1, 0.15) is 79.7 Å². The van der Waals surface area contributed by atoms with Crippen LogP contribution in [0, 0.1) is 23.7 Å². The van der Waals surface area contributed by atoms with Gasteiger partial charge < -0.3 is 40.7 Å². The van der Waals surface area contributed by atoms with Gasteiger partial charge in [-0.15, -0.1) is 0 Å². The standard InChI is InChI=1S/C41H70N6O8/c1-12-27(6)36(46(9)40(51)34(25(2)3)44-39(50)35(26(4)5)45(8)22-20-42)32(54-10)24-33(48)47-21-16-19-31(47)37(55-11)28(7)38(49)43-30(41(52)53)23-29-17-14-13-15-18-29/h13-15,17-18,25-28,30-32,34-37H,12,16,19-24,42H2,1-11H3,(H,43,49)(H,44,50)(H,52,53)/t27-,28+,30-,31-,32+,34-,35?,36?,37+/m0/s1. The van der Waals surface area contributed by atoms with Gasteiger partial charge in [0.1, 0.15) is 12.1 Å². The van der Waals surface area contributed by atoms with Crippen LogP contribution < -0.4 is 16.4 Å². The number of amides is 4. The lowest BCUT2D eigenvalue weighted by atomic mass is 9.89. The van der Waals surface area contributed by atoms with Gasteiger partial charge in [0, 0.05) is 47.3 Å². The van der Waals surface area contributed by atoms with E-state index in [-0.39, 0.29) is 48.3 Å². The number of benzene rings is 1. The van der Waals surface area contributed by atoms with Crippen LogP contribution >= 0.6 is 0 Å². The number of rotatable bonds is 23. The van der Waals surface area contributed by atoms with Gasteiger partial charge in [0.15, 0.2) is 0 Å². The highest BCUT2D eigenvalue weighted by Crippen LogP contribution is 2.30. The summed E-state index contributed by atoms with van der Waals surface area (Å²) in [5.41, 5.74) is 6.57. The molecule has 0 radical (unpaired) electrons. The fourth-order valence-electron chi connectivity index (χ4n) is 7.99. The first kappa shape index (κ1) is 47.6. The summed E-state index contributed by atoms with van der Waals surface area (Å²) in [6.07, 6.45) is 0.759. The number of carboxylic acids is 1. The zero-order chi connectivity index (χ0) is 41.6. The average molecular weight is 775 g/mol. The van der Waals surface area contributed by atoms with Gasteiger partial charge in [-0.25, -0.2) is 4.79 Å². The predicted octanol–water partition coefficient (Wildman–Crippen LogP) is 2.77. The number of aliphatic carboxylic acids is 1. The first-order valence-electron chi connectivity index (χ1n) is 19.8. The van der Waals surface area contributed by atoms with Gasteiger partial charge in [-0.1, -0.05) is 85.2 Å². The van der Waals surface area contributed by atoms with E-state index in [1.165, 1.54) is 14.2 Å². The fraction of sp³-hybridized carbons (Fsp3) is 0.732. The number of methoxy groups -OCH3 is 2. The minimum Gasteiger partial charge on any atom is -0.480 e. The Morgan fingerprint density at radius 2 is 1.58 bits per heavy atom. The second-order valence-corrected chi connectivity index (χ2v) is 15.9. The Morgan fingerprint density at radius 3 is 2.09 bits per heavy atom. The Morgan fingerprint density at radius 1 is 0.945 bits per heavy atom. The summed E-state index contributed by atoms with van der Waals surface area (Å²) >= 11 is 0. The molecule has 55 heavy (non-hydrogen) atoms. The van der Waals surface area contributed by atoms with Crippen LogP contribution in [-0.4, -0.2) is 140 Å². The van der Waals surface area contributed by atoms with E-state index in [2.05, 4.69) is 10.6 Å². The van der Waals surface area contributed by atoms with Crippen LogP contribution in [0.25, 0.3) is 0 Å². The van der Waals surface area contributed by atoms with E-state index in [1.807, 2.05) is 83.8 Å². The van der Waals surface area contributed by atoms with Gasteiger partial charge >= 0.3 is 5.97 Å². The SMILES string of the molecule is CC[C@H](C)C([C@@H](CC(=O)N1CCC[C@H]1[C@H](OC)[C@@H](C)C(=O)N[C@@H](Cc1ccccc1)C(=O)O)OC)N(C)C(=O)[C@@H](NC(=O)C(C(C)C)N(C)CCN)C(C)C. The zero-order valence-corrected chi connectivity index (χ0v) is 35.1. The van der Waals surface area contributed by atoms with Crippen LogP contribution in [0.4, 0.5) is 0 Å². The van der Waals surface area contributed by atoms with Crippen LogP contribution in [0.5, 0.6) is 0 Å². The molecule has 1 heterocycles. The molecule has 1 aliphatic heterocycles. The van der Waals surface area contributed by atoms with Crippen molar-refractivity contribution in [2.24, 2.45) is 29.4 Å². The molecule has 5 N–H and O–H groups in total. The highest BCUT2D eigenvalue weighted by atomic mass is 16.5. The molecule has 9 atom stereocenters. The van der Waals surface area contributed by atoms with E-state index < -0.39 is 60.2 Å². The van der Waals surface area contributed by atoms with Crippen molar-refractivity contribution in [3.8, 4) is 0 Å². The van der Waals surface area contributed by atoms with Gasteiger partial charge in [0.05, 0.1) is 42.7 Å². The fourth-order valence-corrected chi connectivity index (χ4v) is 7.99. The van der Waals surface area contributed by atoms with Crippen molar-refractivity contribution in [2.75, 3.05) is 47.9 Å². The molecule has 2 rings (SSSR count). The van der Waals surface area contributed by atoms with E-state index in [4.69, 9.17) is 15.2 Å². The molecule has 1 aromatic carbocycles. The number of hydrogen-bond acceptors (Lipinski definition) is 9. The van der Waals surface area contributed by atoms with Crippen molar-refractivity contribution in [1.82, 2.24) is 25.3 Å². The first-order chi connectivity index (χ1) is 25.9. The summed E-state index contributed by atoms with van der Waals surface area (Å²) in [4.78, 5) is 73.0. The zero-order valence-electron chi connectivity index (χ0n) is 35.1. The minimum atomic E-state index is -1.14. The molecule has 1 aliphatic rings. The maximum atomic E-state index is 14.3. The summed E-state index contributed by atoms with van der Waals surface area (Å²) < 4.78 is 11.9. The number of likely N-dealkylation sites (tertiary alicyclic amines) is 1. The topological polar surface area (TPSA) is 184 Å². The number of likely N-dealkylation sites (N-methyl/N-ethyl adjacent to an activating group) is 2. The van der Waals surface area contributed by atoms with Crippen molar-refractivity contribution in [3.63, 3.8) is 0 Å². The van der Waals surface area contributed by atoms with E-state index >= 15 is 0 Å². The summed E-state index contributed by atoms with van der Waals surface area (Å²) in [6.45, 7) is 14.8. The van der Waals surface area contributed by atoms with Crippen LogP contribution in [0.2, 0.25) is 0 Å². The minimum absolute atomic E-state index is 0.0141. The molecule has 4 amide bonds. The number of carbonyl (C=O) groups excluding carboxylic acids is 4. The van der Waals surface area contributed by atoms with E-state index in [1.54, 1.807) is 23.8 Å². The highest BCUT2D eigenvalue weighted by molar-refractivity contribution is 5.90. The van der Waals surface area contributed by atoms with E-state index in [9.17, 15) is 29.1 Å². The average Bonchev–Trinajstić information content (AvgIpc) is 3.63. The van der Waals surface area contributed by atoms with Crippen molar-refractivity contribution in [3.05, 3.63) is 35.9 Å². The van der Waals surface area contributed by atoms with E-state index in [0.29, 0.717) is 38.9 Å². The molecule has 1 fully saturated rings. The predicted molar refractivity (Wildman–Crippen MR) is 213 cm³/mol. The smallest absolute Gasteiger partial charge is 0.326 e. The number of nitrogens with one attached hydrogen (secondary N) is 2. The molecule has 0 bridgehead atoms. The number of hydrogen-bond donors (Lipinski definition) is 4. The Hall–Kier alpha value is -3.59. The molecule has 1 aromatic rings. The van der Waals surface area contributed by atoms with Crippen molar-refractivity contribution < 1.29 is 38.6 Å². The van der Waals surface area contributed by atoms with Crippen LogP contribution in [-0.2, 0) is 39.9 Å². The molecule has 312 valence electrons. The number of carbonyl (C=O) groups is 5. The van der Waals surface area contributed by atoms with Crippen molar-refractivity contribution in [1.29, 1.82) is 0 Å². The third-order valence-corrected chi connectivity index (χ3v) is 11.2. The van der Waals surface area contributed by atoms with Crippen molar-refractivity contribution in [2.45, 2.75) is 123 Å². The lowest BCUT2D eigenvalue weighted by Crippen LogP contribution is -2.60. The Labute approximate surface area is 329 Å². The highest BCUT2D eigenvalue weighted by Gasteiger charge is 2.43. The monoisotopic (exact) mass is 775 g/mol. The Bertz CT molecular complexity index is 1380. The second-order valence-electron chi connectivity index (χ2n) is 15.9. The Kier molecular flexibility index (Phi) is 19.7. The number of nitrogens with zero attached hydrogens (tertiary/aromatic N) is 3. The van der Waals surface area contributed by atoms with Crippen molar-refractivity contribution >= 4 is 29.6 Å². The van der Waals surface area contributed by atoms with Gasteiger partial charge in [-0.2, -0.15) is 0 Å². The quantitative estimate of drug-likeness (QED) is 0.129. The molecule has 0 spiro atoms. The number of ether oxygens (including phenoxy) is 2. The third-order valence-electron chi connectivity index (χ3n) is 11.2. The molecule has 14 heteroatoms. The van der Waals surface area contributed by atoms with Gasteiger partial charge in [0.2, 0.25) is 23.6 Å². The van der Waals surface area contributed by atoms with E-state index in [0.717, 1.165) is 5.56 Å². The second kappa shape index (κ2) is 22.8. The van der Waals surface area contributed by atoms with Gasteiger partial charge in [-0.3, -0.25) is 24.1 Å². The molecule has 1 saturated heterocycles. The lowest BCUT2D eigenvalue weighted by molar-refractivity contribution is -0.148. The summed E-state index contributed by atoms with van der Waals surface area (Å²) in [5, 5.41) is 15.6. The first-order valence-corrected chi connectivity index (χ1v) is 19.8. The molecular formula is C41H70N6O8. The molecule has 14 nitrogen and oxygen atoms in total. The maximum Gasteiger partial charge on any atom is 0.326 e. The van der Waals surface area contributed by atoms with Crippen LogP contribution in [0.15, 0.2) is 30.3 Å². The largest absolute Gasteiger partial charge is 0.480 e. The summed E-state index contributed by atoms with van der Waals surface area (Å²) in [7, 11) is 6.59. The third kappa shape index (κ3) is 13.0. The normalized spacial score (nSPS) is 19.0. The maximum absolute atomic E-state index is 14.3. The van der Waals surface area contributed by atoms with Crippen LogP contribution in [0.3, 0.4) is 0 Å².